The van der Waals surface area contributed by atoms with Crippen LogP contribution in [-0.4, -0.2) is 17.4 Å². The van der Waals surface area contributed by atoms with E-state index in [2.05, 4.69) is 4.98 Å². The van der Waals surface area contributed by atoms with Crippen molar-refractivity contribution in [3.05, 3.63) is 45.7 Å². The van der Waals surface area contributed by atoms with Crippen molar-refractivity contribution < 1.29 is 9.13 Å². The average molecular weight is 293 g/mol. The predicted octanol–water partition coefficient (Wildman–Crippen LogP) is 2.75. The summed E-state index contributed by atoms with van der Waals surface area (Å²) in [5.41, 5.74) is 6.38. The summed E-state index contributed by atoms with van der Waals surface area (Å²) in [6.45, 7) is 2.44. The van der Waals surface area contributed by atoms with Gasteiger partial charge in [-0.15, -0.1) is 11.3 Å². The van der Waals surface area contributed by atoms with Crippen molar-refractivity contribution in [3.8, 4) is 5.75 Å². The summed E-state index contributed by atoms with van der Waals surface area (Å²) in [6.07, 6.45) is 1.40. The van der Waals surface area contributed by atoms with Gasteiger partial charge in [0.25, 0.3) is 0 Å². The molecule has 0 aliphatic heterocycles. The highest BCUT2D eigenvalue weighted by Gasteiger charge is 2.11. The van der Waals surface area contributed by atoms with E-state index in [0.717, 1.165) is 22.0 Å². The number of hydrogen-bond donors (Lipinski definition) is 2. The standard InChI is InChI=1S/C14H16FN3OS/c1-2-11-13(14(16)17)20-12(18-11)7-8-19-10-5-3-9(15)4-6-10/h3-6H,2,7-8H2,1H3,(H3,16,17). The van der Waals surface area contributed by atoms with E-state index in [0.29, 0.717) is 18.8 Å². The van der Waals surface area contributed by atoms with E-state index in [1.54, 1.807) is 12.1 Å². The lowest BCUT2D eigenvalue weighted by atomic mass is 10.3. The highest BCUT2D eigenvalue weighted by Crippen LogP contribution is 2.19. The highest BCUT2D eigenvalue weighted by molar-refractivity contribution is 7.13. The van der Waals surface area contributed by atoms with Gasteiger partial charge in [0, 0.05) is 6.42 Å². The van der Waals surface area contributed by atoms with Crippen LogP contribution >= 0.6 is 11.3 Å². The molecule has 6 heteroatoms. The van der Waals surface area contributed by atoms with E-state index in [-0.39, 0.29) is 11.7 Å². The van der Waals surface area contributed by atoms with Crippen LogP contribution in [0.25, 0.3) is 0 Å². The third kappa shape index (κ3) is 3.54. The maximum absolute atomic E-state index is 12.7. The first-order valence-electron chi connectivity index (χ1n) is 6.31. The fourth-order valence-electron chi connectivity index (χ4n) is 1.74. The van der Waals surface area contributed by atoms with E-state index >= 15 is 0 Å². The Bertz CT molecular complexity index is 595. The molecule has 1 heterocycles. The molecule has 3 N–H and O–H groups in total. The minimum Gasteiger partial charge on any atom is -0.493 e. The molecule has 0 amide bonds. The molecule has 0 radical (unpaired) electrons. The summed E-state index contributed by atoms with van der Waals surface area (Å²) in [7, 11) is 0. The number of rotatable bonds is 6. The van der Waals surface area contributed by atoms with Crippen LogP contribution in [0.2, 0.25) is 0 Å². The lowest BCUT2D eigenvalue weighted by molar-refractivity contribution is 0.321. The second-order valence-electron chi connectivity index (χ2n) is 4.20. The molecule has 0 unspecified atom stereocenters. The number of aryl methyl sites for hydroxylation is 1. The van der Waals surface area contributed by atoms with Gasteiger partial charge in [-0.1, -0.05) is 6.92 Å². The summed E-state index contributed by atoms with van der Waals surface area (Å²) in [6, 6.07) is 5.91. The summed E-state index contributed by atoms with van der Waals surface area (Å²) < 4.78 is 18.3. The normalized spacial score (nSPS) is 10.5. The Morgan fingerprint density at radius 1 is 1.40 bits per heavy atom. The number of nitrogens with one attached hydrogen (secondary N) is 1. The Balaban J connectivity index is 1.94. The van der Waals surface area contributed by atoms with Crippen molar-refractivity contribution >= 4 is 17.2 Å². The fourth-order valence-corrected chi connectivity index (χ4v) is 2.74. The van der Waals surface area contributed by atoms with Crippen molar-refractivity contribution in [1.29, 1.82) is 5.41 Å². The topological polar surface area (TPSA) is 72.0 Å². The number of nitrogen functional groups attached to an aromatic ring is 1. The maximum atomic E-state index is 12.7. The Morgan fingerprint density at radius 2 is 2.10 bits per heavy atom. The van der Waals surface area contributed by atoms with Gasteiger partial charge < -0.3 is 10.5 Å². The molecule has 106 valence electrons. The molecule has 1 aromatic heterocycles. The van der Waals surface area contributed by atoms with Crippen LogP contribution in [0, 0.1) is 11.2 Å². The van der Waals surface area contributed by atoms with Gasteiger partial charge in [0.15, 0.2) is 0 Å². The zero-order chi connectivity index (χ0) is 14.5. The van der Waals surface area contributed by atoms with Crippen LogP contribution in [0.15, 0.2) is 24.3 Å². The van der Waals surface area contributed by atoms with Crippen LogP contribution in [0.1, 0.15) is 22.5 Å². The molecule has 4 nitrogen and oxygen atoms in total. The second-order valence-corrected chi connectivity index (χ2v) is 5.29. The van der Waals surface area contributed by atoms with Gasteiger partial charge in [-0.05, 0) is 30.7 Å². The minimum absolute atomic E-state index is 0.0602. The molecule has 0 bridgehead atoms. The van der Waals surface area contributed by atoms with Gasteiger partial charge in [0.05, 0.1) is 22.2 Å². The lowest BCUT2D eigenvalue weighted by Gasteiger charge is -2.04. The van der Waals surface area contributed by atoms with Gasteiger partial charge in [-0.3, -0.25) is 5.41 Å². The van der Waals surface area contributed by atoms with Crippen LogP contribution < -0.4 is 10.5 Å². The molecule has 20 heavy (non-hydrogen) atoms. The van der Waals surface area contributed by atoms with Gasteiger partial charge in [-0.25, -0.2) is 9.37 Å². The smallest absolute Gasteiger partial charge is 0.135 e. The number of aromatic nitrogens is 1. The number of benzene rings is 1. The van der Waals surface area contributed by atoms with E-state index in [9.17, 15) is 4.39 Å². The quantitative estimate of drug-likeness (QED) is 0.635. The third-order valence-corrected chi connectivity index (χ3v) is 3.91. The fraction of sp³-hybridized carbons (Fsp3) is 0.286. The molecule has 0 fully saturated rings. The first-order valence-corrected chi connectivity index (χ1v) is 7.13. The third-order valence-electron chi connectivity index (χ3n) is 2.72. The number of nitrogens with zero attached hydrogens (tertiary/aromatic N) is 1. The van der Waals surface area contributed by atoms with E-state index in [4.69, 9.17) is 15.9 Å². The van der Waals surface area contributed by atoms with Crippen LogP contribution in [0.4, 0.5) is 4.39 Å². The molecule has 2 rings (SSSR count). The largest absolute Gasteiger partial charge is 0.493 e. The predicted molar refractivity (Wildman–Crippen MR) is 78.1 cm³/mol. The molecular formula is C14H16FN3OS. The molecule has 0 aliphatic rings. The van der Waals surface area contributed by atoms with Crippen LogP contribution in [-0.2, 0) is 12.8 Å². The van der Waals surface area contributed by atoms with Crippen molar-refractivity contribution in [2.75, 3.05) is 6.61 Å². The van der Waals surface area contributed by atoms with Crippen molar-refractivity contribution in [1.82, 2.24) is 4.98 Å². The van der Waals surface area contributed by atoms with E-state index in [1.807, 2.05) is 6.92 Å². The Labute approximate surface area is 120 Å². The van der Waals surface area contributed by atoms with E-state index < -0.39 is 0 Å². The second kappa shape index (κ2) is 6.47. The molecule has 2 aromatic rings. The number of hydrogen-bond acceptors (Lipinski definition) is 4. The van der Waals surface area contributed by atoms with Crippen molar-refractivity contribution in [3.63, 3.8) is 0 Å². The van der Waals surface area contributed by atoms with Crippen LogP contribution in [0.5, 0.6) is 5.75 Å². The van der Waals surface area contributed by atoms with Gasteiger partial charge in [0.1, 0.15) is 17.4 Å². The van der Waals surface area contributed by atoms with Gasteiger partial charge in [0.2, 0.25) is 0 Å². The Hall–Kier alpha value is -1.95. The highest BCUT2D eigenvalue weighted by atomic mass is 32.1. The van der Waals surface area contributed by atoms with Gasteiger partial charge in [-0.2, -0.15) is 0 Å². The summed E-state index contributed by atoms with van der Waals surface area (Å²) in [5, 5.41) is 8.40. The molecule has 0 saturated carbocycles. The van der Waals surface area contributed by atoms with Crippen molar-refractivity contribution in [2.45, 2.75) is 19.8 Å². The molecular weight excluding hydrogens is 277 g/mol. The van der Waals surface area contributed by atoms with Gasteiger partial charge >= 0.3 is 0 Å². The number of halogens is 1. The number of nitrogens with two attached hydrogens (primary N) is 1. The number of amidine groups is 1. The molecule has 0 saturated heterocycles. The Morgan fingerprint density at radius 3 is 2.65 bits per heavy atom. The molecule has 1 aromatic carbocycles. The first kappa shape index (κ1) is 14.5. The summed E-state index contributed by atoms with van der Waals surface area (Å²) in [5.74, 6) is 0.409. The summed E-state index contributed by atoms with van der Waals surface area (Å²) in [4.78, 5) is 5.19. The monoisotopic (exact) mass is 293 g/mol. The average Bonchev–Trinajstić information content (AvgIpc) is 2.84. The SMILES string of the molecule is CCc1nc(CCOc2ccc(F)cc2)sc1C(=N)N. The van der Waals surface area contributed by atoms with Crippen molar-refractivity contribution in [2.24, 2.45) is 5.73 Å². The number of ether oxygens (including phenoxy) is 1. The first-order chi connectivity index (χ1) is 9.60. The molecule has 0 atom stereocenters. The lowest BCUT2D eigenvalue weighted by Crippen LogP contribution is -2.11. The molecule has 0 spiro atoms. The molecule has 0 aliphatic carbocycles. The summed E-state index contributed by atoms with van der Waals surface area (Å²) >= 11 is 1.43. The minimum atomic E-state index is -0.282. The van der Waals surface area contributed by atoms with Crippen LogP contribution in [0.3, 0.4) is 0 Å². The number of thiazole rings is 1. The maximum Gasteiger partial charge on any atom is 0.135 e. The van der Waals surface area contributed by atoms with E-state index in [1.165, 1.54) is 23.5 Å². The zero-order valence-corrected chi connectivity index (χ0v) is 12.0. The zero-order valence-electron chi connectivity index (χ0n) is 11.1. The Kier molecular flexibility index (Phi) is 4.68.